The molecule has 0 aromatic heterocycles. The zero-order chi connectivity index (χ0) is 16.3. The summed E-state index contributed by atoms with van der Waals surface area (Å²) in [5.41, 5.74) is 0. The first-order chi connectivity index (χ1) is 11.3. The Morgan fingerprint density at radius 1 is 0.826 bits per heavy atom. The molecule has 0 radical (unpaired) electrons. The van der Waals surface area contributed by atoms with E-state index in [4.69, 9.17) is 4.74 Å². The molecule has 0 heterocycles. The molecule has 2 rings (SSSR count). The van der Waals surface area contributed by atoms with Crippen molar-refractivity contribution in [2.45, 2.75) is 103 Å². The molecule has 0 bridgehead atoms. The zero-order valence-corrected chi connectivity index (χ0v) is 15.6. The van der Waals surface area contributed by atoms with Gasteiger partial charge in [0, 0.05) is 6.61 Å². The Morgan fingerprint density at radius 3 is 1.87 bits per heavy atom. The summed E-state index contributed by atoms with van der Waals surface area (Å²) < 4.78 is 6.00. The Bertz CT molecular complexity index is 295. The minimum absolute atomic E-state index is 0.582. The van der Waals surface area contributed by atoms with Crippen LogP contribution in [0.15, 0.2) is 12.7 Å². The minimum atomic E-state index is 0.582. The maximum Gasteiger partial charge on any atom is 0.0575 e. The fraction of sp³-hybridized carbons (Fsp3) is 0.909. The normalized spacial score (nSPS) is 31.9. The van der Waals surface area contributed by atoms with E-state index in [9.17, 15) is 0 Å². The average Bonchev–Trinajstić information content (AvgIpc) is 2.60. The van der Waals surface area contributed by atoms with Gasteiger partial charge in [-0.15, -0.1) is 6.58 Å². The fourth-order valence-corrected chi connectivity index (χ4v) is 4.62. The van der Waals surface area contributed by atoms with Gasteiger partial charge in [-0.2, -0.15) is 0 Å². The van der Waals surface area contributed by atoms with E-state index in [1.54, 1.807) is 0 Å². The summed E-state index contributed by atoms with van der Waals surface area (Å²) in [4.78, 5) is 0. The van der Waals surface area contributed by atoms with Crippen LogP contribution in [0.2, 0.25) is 0 Å². The summed E-state index contributed by atoms with van der Waals surface area (Å²) in [5, 5.41) is 0. The molecule has 2 fully saturated rings. The van der Waals surface area contributed by atoms with E-state index in [1.807, 2.05) is 0 Å². The first-order valence-electron chi connectivity index (χ1n) is 10.5. The summed E-state index contributed by atoms with van der Waals surface area (Å²) in [6, 6.07) is 0. The second-order valence-corrected chi connectivity index (χ2v) is 8.20. The van der Waals surface area contributed by atoms with Crippen molar-refractivity contribution in [2.75, 3.05) is 6.61 Å². The van der Waals surface area contributed by atoms with Crippen molar-refractivity contribution in [2.24, 2.45) is 17.8 Å². The van der Waals surface area contributed by atoms with Crippen molar-refractivity contribution >= 4 is 0 Å². The predicted octanol–water partition coefficient (Wildman–Crippen LogP) is 6.91. The lowest BCUT2D eigenvalue weighted by molar-refractivity contribution is 0.0150. The van der Waals surface area contributed by atoms with Crippen LogP contribution in [0, 0.1) is 17.8 Å². The molecular weight excluding hydrogens is 280 g/mol. The molecular formula is C22H40O. The van der Waals surface area contributed by atoms with Crippen molar-refractivity contribution in [1.29, 1.82) is 0 Å². The summed E-state index contributed by atoms with van der Waals surface area (Å²) >= 11 is 0. The Kier molecular flexibility index (Phi) is 9.34. The molecule has 0 N–H and O–H groups in total. The van der Waals surface area contributed by atoms with Crippen molar-refractivity contribution < 1.29 is 4.74 Å². The highest BCUT2D eigenvalue weighted by atomic mass is 16.5. The van der Waals surface area contributed by atoms with Gasteiger partial charge in [-0.3, -0.25) is 0 Å². The molecule has 0 atom stereocenters. The Morgan fingerprint density at radius 2 is 1.35 bits per heavy atom. The average molecular weight is 321 g/mol. The second kappa shape index (κ2) is 11.3. The molecule has 23 heavy (non-hydrogen) atoms. The van der Waals surface area contributed by atoms with Gasteiger partial charge in [0.05, 0.1) is 6.10 Å². The first kappa shape index (κ1) is 19.0. The molecule has 0 amide bonds. The van der Waals surface area contributed by atoms with Crippen molar-refractivity contribution in [3.05, 3.63) is 12.7 Å². The van der Waals surface area contributed by atoms with E-state index in [2.05, 4.69) is 19.6 Å². The highest BCUT2D eigenvalue weighted by Crippen LogP contribution is 2.37. The molecule has 0 saturated heterocycles. The quantitative estimate of drug-likeness (QED) is 0.314. The van der Waals surface area contributed by atoms with Crippen molar-refractivity contribution in [3.63, 3.8) is 0 Å². The predicted molar refractivity (Wildman–Crippen MR) is 101 cm³/mol. The molecule has 0 aromatic rings. The van der Waals surface area contributed by atoms with Crippen molar-refractivity contribution in [3.8, 4) is 0 Å². The number of hydrogen-bond acceptors (Lipinski definition) is 1. The number of unbranched alkanes of at least 4 members (excludes halogenated alkanes) is 1. The molecule has 134 valence electrons. The molecule has 2 saturated carbocycles. The molecule has 0 spiro atoms. The highest BCUT2D eigenvalue weighted by molar-refractivity contribution is 4.78. The van der Waals surface area contributed by atoms with E-state index in [0.717, 1.165) is 24.4 Å². The summed E-state index contributed by atoms with van der Waals surface area (Å²) in [6.45, 7) is 7.09. The number of ether oxygens (including phenoxy) is 1. The van der Waals surface area contributed by atoms with Gasteiger partial charge in [0.2, 0.25) is 0 Å². The lowest BCUT2D eigenvalue weighted by Crippen LogP contribution is -2.23. The molecule has 0 aliphatic heterocycles. The fourth-order valence-electron chi connectivity index (χ4n) is 4.62. The van der Waals surface area contributed by atoms with Gasteiger partial charge in [-0.1, -0.05) is 57.9 Å². The van der Waals surface area contributed by atoms with Gasteiger partial charge in [0.15, 0.2) is 0 Å². The van der Waals surface area contributed by atoms with Gasteiger partial charge in [0.25, 0.3) is 0 Å². The monoisotopic (exact) mass is 320 g/mol. The van der Waals surface area contributed by atoms with Gasteiger partial charge < -0.3 is 4.74 Å². The van der Waals surface area contributed by atoms with E-state index in [1.165, 1.54) is 89.9 Å². The topological polar surface area (TPSA) is 9.23 Å². The van der Waals surface area contributed by atoms with Gasteiger partial charge in [-0.05, 0) is 62.7 Å². The van der Waals surface area contributed by atoms with Crippen LogP contribution >= 0.6 is 0 Å². The minimum Gasteiger partial charge on any atom is -0.378 e. The third-order valence-corrected chi connectivity index (χ3v) is 6.37. The lowest BCUT2D eigenvalue weighted by atomic mass is 9.76. The van der Waals surface area contributed by atoms with Gasteiger partial charge >= 0.3 is 0 Å². The van der Waals surface area contributed by atoms with Gasteiger partial charge in [0.1, 0.15) is 0 Å². The van der Waals surface area contributed by atoms with Gasteiger partial charge in [-0.25, -0.2) is 0 Å². The Hall–Kier alpha value is -0.300. The van der Waals surface area contributed by atoms with Crippen LogP contribution in [-0.4, -0.2) is 12.7 Å². The molecule has 1 heteroatoms. The van der Waals surface area contributed by atoms with E-state index < -0.39 is 0 Å². The molecule has 2 aliphatic carbocycles. The SMILES string of the molecule is C=CCC[C@H]1CC[C@H](CC[C@H]2CC[C@H](OCCCC)CC2)CC1. The standard InChI is InChI=1S/C22H40O/c1-3-5-7-19-8-10-20(11-9-19)12-13-21-14-16-22(17-15-21)23-18-6-4-2/h3,19-22H,1,4-18H2,2H3/t19-,20-,21-,22-. The maximum absolute atomic E-state index is 6.00. The Labute approximate surface area is 145 Å². The highest BCUT2D eigenvalue weighted by Gasteiger charge is 2.24. The van der Waals surface area contributed by atoms with Crippen molar-refractivity contribution in [1.82, 2.24) is 0 Å². The largest absolute Gasteiger partial charge is 0.378 e. The molecule has 0 unspecified atom stereocenters. The Balaban J connectivity index is 1.51. The van der Waals surface area contributed by atoms with Crippen LogP contribution in [0.1, 0.15) is 96.8 Å². The van der Waals surface area contributed by atoms with E-state index >= 15 is 0 Å². The number of allylic oxidation sites excluding steroid dienone is 1. The molecule has 1 nitrogen and oxygen atoms in total. The number of rotatable bonds is 10. The van der Waals surface area contributed by atoms with Crippen LogP contribution < -0.4 is 0 Å². The third-order valence-electron chi connectivity index (χ3n) is 6.37. The summed E-state index contributed by atoms with van der Waals surface area (Å²) in [5.74, 6) is 3.04. The third kappa shape index (κ3) is 7.42. The van der Waals surface area contributed by atoms with E-state index in [0.29, 0.717) is 6.10 Å². The summed E-state index contributed by atoms with van der Waals surface area (Å²) in [6.07, 6.45) is 22.2. The lowest BCUT2D eigenvalue weighted by Gasteiger charge is -2.32. The zero-order valence-electron chi connectivity index (χ0n) is 15.6. The molecule has 0 aromatic carbocycles. The van der Waals surface area contributed by atoms with Crippen LogP contribution in [-0.2, 0) is 4.74 Å². The van der Waals surface area contributed by atoms with Crippen LogP contribution in [0.25, 0.3) is 0 Å². The second-order valence-electron chi connectivity index (χ2n) is 8.20. The van der Waals surface area contributed by atoms with E-state index in [-0.39, 0.29) is 0 Å². The van der Waals surface area contributed by atoms with Crippen LogP contribution in [0.5, 0.6) is 0 Å². The maximum atomic E-state index is 6.00. The number of hydrogen-bond donors (Lipinski definition) is 0. The first-order valence-corrected chi connectivity index (χ1v) is 10.5. The summed E-state index contributed by atoms with van der Waals surface area (Å²) in [7, 11) is 0. The van der Waals surface area contributed by atoms with Crippen LogP contribution in [0.3, 0.4) is 0 Å². The molecule has 2 aliphatic rings. The van der Waals surface area contributed by atoms with Crippen LogP contribution in [0.4, 0.5) is 0 Å². The smallest absolute Gasteiger partial charge is 0.0575 e.